The van der Waals surface area contributed by atoms with Gasteiger partial charge in [0.25, 0.3) is 0 Å². The number of nitrogens with zero attached hydrogens (tertiary/aromatic N) is 1. The summed E-state index contributed by atoms with van der Waals surface area (Å²) in [5.74, 6) is 1.75. The highest BCUT2D eigenvalue weighted by Gasteiger charge is 2.26. The summed E-state index contributed by atoms with van der Waals surface area (Å²) >= 11 is 0. The van der Waals surface area contributed by atoms with Crippen LogP contribution in [0.15, 0.2) is 24.3 Å². The van der Waals surface area contributed by atoms with Crippen molar-refractivity contribution >= 4 is 0 Å². The molecule has 0 unspecified atom stereocenters. The van der Waals surface area contributed by atoms with E-state index in [0.717, 1.165) is 50.3 Å². The summed E-state index contributed by atoms with van der Waals surface area (Å²) in [6, 6.07) is 8.06. The molecule has 1 aromatic rings. The zero-order valence-electron chi connectivity index (χ0n) is 13.8. The molecule has 2 rings (SSSR count). The number of benzene rings is 1. The molecule has 0 aromatic heterocycles. The summed E-state index contributed by atoms with van der Waals surface area (Å²) in [4.78, 5) is 2.22. The Morgan fingerprint density at radius 1 is 1.05 bits per heavy atom. The van der Waals surface area contributed by atoms with Gasteiger partial charge in [-0.2, -0.15) is 0 Å². The van der Waals surface area contributed by atoms with Gasteiger partial charge in [0.15, 0.2) is 0 Å². The summed E-state index contributed by atoms with van der Waals surface area (Å²) in [6.07, 6.45) is 5.20. The largest absolute Gasteiger partial charge is 0.494 e. The highest BCUT2D eigenvalue weighted by Crippen LogP contribution is 2.22. The van der Waals surface area contributed by atoms with Gasteiger partial charge in [-0.05, 0) is 50.6 Å². The summed E-state index contributed by atoms with van der Waals surface area (Å²) in [7, 11) is 2.07. The zero-order valence-corrected chi connectivity index (χ0v) is 13.8. The van der Waals surface area contributed by atoms with Crippen LogP contribution in [0.4, 0.5) is 0 Å². The molecule has 1 N–H and O–H groups in total. The van der Waals surface area contributed by atoms with Crippen molar-refractivity contribution in [2.75, 3.05) is 26.8 Å². The average molecular weight is 307 g/mol. The Labute approximate surface area is 134 Å². The Morgan fingerprint density at radius 2 is 1.64 bits per heavy atom. The minimum Gasteiger partial charge on any atom is -0.494 e. The fourth-order valence-corrected chi connectivity index (χ4v) is 2.93. The van der Waals surface area contributed by atoms with E-state index < -0.39 is 0 Å². The number of hydrogen-bond donors (Lipinski definition) is 1. The Bertz CT molecular complexity index is 421. The van der Waals surface area contributed by atoms with Gasteiger partial charge in [0, 0.05) is 12.6 Å². The molecule has 4 nitrogen and oxygen atoms in total. The van der Waals surface area contributed by atoms with Crippen molar-refractivity contribution in [1.82, 2.24) is 4.90 Å². The average Bonchev–Trinajstić information content (AvgIpc) is 2.54. The van der Waals surface area contributed by atoms with Gasteiger partial charge in [-0.3, -0.25) is 4.90 Å². The number of aliphatic hydroxyl groups is 1. The lowest BCUT2D eigenvalue weighted by Gasteiger charge is -2.35. The van der Waals surface area contributed by atoms with Crippen LogP contribution in [0.2, 0.25) is 0 Å². The second-order valence-electron chi connectivity index (χ2n) is 6.07. The fourth-order valence-electron chi connectivity index (χ4n) is 2.93. The topological polar surface area (TPSA) is 41.9 Å². The SMILES string of the molecule is CCCOc1ccc(OCCN(C)[C@@H]2CCCC[C@@H]2O)cc1. The van der Waals surface area contributed by atoms with Crippen LogP contribution in [-0.4, -0.2) is 49.0 Å². The molecular formula is C18H29NO3. The van der Waals surface area contributed by atoms with Crippen LogP contribution in [0, 0.1) is 0 Å². The maximum atomic E-state index is 10.1. The van der Waals surface area contributed by atoms with E-state index >= 15 is 0 Å². The number of rotatable bonds is 8. The van der Waals surface area contributed by atoms with E-state index in [-0.39, 0.29) is 12.1 Å². The van der Waals surface area contributed by atoms with E-state index in [1.54, 1.807) is 0 Å². The molecule has 124 valence electrons. The predicted octanol–water partition coefficient (Wildman–Crippen LogP) is 3.09. The van der Waals surface area contributed by atoms with Gasteiger partial charge in [-0.25, -0.2) is 0 Å². The molecule has 22 heavy (non-hydrogen) atoms. The van der Waals surface area contributed by atoms with E-state index in [2.05, 4.69) is 18.9 Å². The van der Waals surface area contributed by atoms with Crippen LogP contribution in [-0.2, 0) is 0 Å². The van der Waals surface area contributed by atoms with Crippen LogP contribution in [0.5, 0.6) is 11.5 Å². The molecule has 1 saturated carbocycles. The summed E-state index contributed by atoms with van der Waals surface area (Å²) in [5, 5.41) is 10.1. The second-order valence-corrected chi connectivity index (χ2v) is 6.07. The van der Waals surface area contributed by atoms with Gasteiger partial charge in [0.1, 0.15) is 18.1 Å². The number of hydrogen-bond acceptors (Lipinski definition) is 4. The van der Waals surface area contributed by atoms with Crippen molar-refractivity contribution in [2.24, 2.45) is 0 Å². The van der Waals surface area contributed by atoms with E-state index in [9.17, 15) is 5.11 Å². The number of likely N-dealkylation sites (N-methyl/N-ethyl adjacent to an activating group) is 1. The zero-order chi connectivity index (χ0) is 15.8. The first-order chi connectivity index (χ1) is 10.7. The van der Waals surface area contributed by atoms with Gasteiger partial charge in [-0.1, -0.05) is 19.8 Å². The third kappa shape index (κ3) is 5.18. The van der Waals surface area contributed by atoms with Crippen LogP contribution in [0.1, 0.15) is 39.0 Å². The van der Waals surface area contributed by atoms with Crippen LogP contribution >= 0.6 is 0 Å². The van der Waals surface area contributed by atoms with Crippen molar-refractivity contribution < 1.29 is 14.6 Å². The van der Waals surface area contributed by atoms with Gasteiger partial charge < -0.3 is 14.6 Å². The first-order valence-electron chi connectivity index (χ1n) is 8.44. The molecule has 1 fully saturated rings. The molecule has 1 aromatic carbocycles. The minimum absolute atomic E-state index is 0.186. The lowest BCUT2D eigenvalue weighted by atomic mass is 9.92. The highest BCUT2D eigenvalue weighted by molar-refractivity contribution is 5.31. The second kappa shape index (κ2) is 9.01. The van der Waals surface area contributed by atoms with Crippen LogP contribution in [0.3, 0.4) is 0 Å². The molecule has 0 radical (unpaired) electrons. The molecule has 0 bridgehead atoms. The standard InChI is InChI=1S/C18H29NO3/c1-3-13-21-15-8-10-16(11-9-15)22-14-12-19(2)17-6-4-5-7-18(17)20/h8-11,17-18,20H,3-7,12-14H2,1-2H3/t17-,18+/m1/s1. The molecule has 4 heteroatoms. The molecular weight excluding hydrogens is 278 g/mol. The van der Waals surface area contributed by atoms with Crippen molar-refractivity contribution in [3.05, 3.63) is 24.3 Å². The normalized spacial score (nSPS) is 21.8. The lowest BCUT2D eigenvalue weighted by molar-refractivity contribution is 0.0272. The molecule has 0 amide bonds. The Hall–Kier alpha value is -1.26. The van der Waals surface area contributed by atoms with E-state index in [1.807, 2.05) is 24.3 Å². The number of aliphatic hydroxyl groups excluding tert-OH is 1. The minimum atomic E-state index is -0.186. The van der Waals surface area contributed by atoms with Gasteiger partial charge >= 0.3 is 0 Å². The molecule has 1 aliphatic rings. The lowest BCUT2D eigenvalue weighted by Crippen LogP contribution is -2.44. The fraction of sp³-hybridized carbons (Fsp3) is 0.667. The van der Waals surface area contributed by atoms with Crippen molar-refractivity contribution in [2.45, 2.75) is 51.2 Å². The molecule has 0 heterocycles. The first-order valence-corrected chi connectivity index (χ1v) is 8.44. The van der Waals surface area contributed by atoms with Crippen LogP contribution < -0.4 is 9.47 Å². The van der Waals surface area contributed by atoms with E-state index in [4.69, 9.17) is 9.47 Å². The molecule has 0 aliphatic heterocycles. The molecule has 2 atom stereocenters. The predicted molar refractivity (Wildman–Crippen MR) is 88.6 cm³/mol. The van der Waals surface area contributed by atoms with E-state index in [1.165, 1.54) is 6.42 Å². The smallest absolute Gasteiger partial charge is 0.119 e. The Kier molecular flexibility index (Phi) is 7.00. The summed E-state index contributed by atoms with van der Waals surface area (Å²) < 4.78 is 11.3. The molecule has 0 spiro atoms. The quantitative estimate of drug-likeness (QED) is 0.801. The van der Waals surface area contributed by atoms with Crippen molar-refractivity contribution in [3.63, 3.8) is 0 Å². The monoisotopic (exact) mass is 307 g/mol. The van der Waals surface area contributed by atoms with Gasteiger partial charge in [0.2, 0.25) is 0 Å². The molecule has 0 saturated heterocycles. The van der Waals surface area contributed by atoms with Crippen molar-refractivity contribution in [1.29, 1.82) is 0 Å². The number of ether oxygens (including phenoxy) is 2. The maximum absolute atomic E-state index is 10.1. The van der Waals surface area contributed by atoms with Gasteiger partial charge in [0.05, 0.1) is 12.7 Å². The molecule has 1 aliphatic carbocycles. The van der Waals surface area contributed by atoms with Gasteiger partial charge in [-0.15, -0.1) is 0 Å². The Morgan fingerprint density at radius 3 is 2.23 bits per heavy atom. The third-order valence-electron chi connectivity index (χ3n) is 4.27. The highest BCUT2D eigenvalue weighted by atomic mass is 16.5. The first kappa shape index (κ1) is 17.1. The Balaban J connectivity index is 1.71. The summed E-state index contributed by atoms with van der Waals surface area (Å²) in [6.45, 7) is 4.30. The maximum Gasteiger partial charge on any atom is 0.119 e. The van der Waals surface area contributed by atoms with Crippen molar-refractivity contribution in [3.8, 4) is 11.5 Å². The van der Waals surface area contributed by atoms with Crippen LogP contribution in [0.25, 0.3) is 0 Å². The summed E-state index contributed by atoms with van der Waals surface area (Å²) in [5.41, 5.74) is 0. The third-order valence-corrected chi connectivity index (χ3v) is 4.27. The van der Waals surface area contributed by atoms with E-state index in [0.29, 0.717) is 6.61 Å².